The van der Waals surface area contributed by atoms with Gasteiger partial charge in [0.1, 0.15) is 6.04 Å². The monoisotopic (exact) mass is 315 g/mol. The highest BCUT2D eigenvalue weighted by Gasteiger charge is 2.33. The van der Waals surface area contributed by atoms with E-state index in [9.17, 15) is 9.59 Å². The number of amides is 1. The molecule has 4 N–H and O–H groups in total. The summed E-state index contributed by atoms with van der Waals surface area (Å²) in [6, 6.07) is 0.620. The Morgan fingerprint density at radius 3 is 2.62 bits per heavy atom. The molecule has 0 aromatic carbocycles. The van der Waals surface area contributed by atoms with Crippen LogP contribution in [-0.2, 0) is 9.59 Å². The van der Waals surface area contributed by atoms with E-state index in [0.29, 0.717) is 0 Å². The Hall–Kier alpha value is -1.54. The molecule has 0 fully saturated rings. The van der Waals surface area contributed by atoms with Gasteiger partial charge in [0.05, 0.1) is 11.4 Å². The van der Waals surface area contributed by atoms with Crippen LogP contribution >= 0.6 is 11.8 Å². The lowest BCUT2D eigenvalue weighted by molar-refractivity contribution is -0.139. The van der Waals surface area contributed by atoms with Crippen molar-refractivity contribution in [1.29, 1.82) is 0 Å². The minimum Gasteiger partial charge on any atom is -0.480 e. The molecule has 0 aliphatic heterocycles. The second-order valence-corrected chi connectivity index (χ2v) is 7.16. The van der Waals surface area contributed by atoms with Gasteiger partial charge in [0, 0.05) is 10.8 Å². The van der Waals surface area contributed by atoms with Crippen molar-refractivity contribution in [3.8, 4) is 0 Å². The molecule has 118 valence electrons. The predicted octanol–water partition coefficient (Wildman–Crippen LogP) is 1.66. The van der Waals surface area contributed by atoms with E-state index in [0.717, 1.165) is 5.69 Å². The number of carboxylic acids is 1. The number of aromatic nitrogens is 1. The molecule has 8 heteroatoms. The minimum atomic E-state index is -1.09. The van der Waals surface area contributed by atoms with Gasteiger partial charge >= 0.3 is 5.97 Å². The standard InChI is InChI=1S/C13H21N3O4S/c1-7(2)8-5-10(20-16-8)15-9(17)6-21-13(3,4)11(14)12(18)19/h5,7,11H,6,14H2,1-4H3,(H,15,17)(H,18,19)/t11-/m1/s1. The van der Waals surface area contributed by atoms with Gasteiger partial charge in [0.2, 0.25) is 11.8 Å². The normalized spacial score (nSPS) is 13.2. The zero-order chi connectivity index (χ0) is 16.2. The number of thioether (sulfide) groups is 1. The minimum absolute atomic E-state index is 0.0751. The molecule has 0 radical (unpaired) electrons. The summed E-state index contributed by atoms with van der Waals surface area (Å²) in [5.41, 5.74) is 6.34. The smallest absolute Gasteiger partial charge is 0.321 e. The van der Waals surface area contributed by atoms with E-state index < -0.39 is 16.8 Å². The first-order valence-electron chi connectivity index (χ1n) is 6.52. The number of nitrogens with zero attached hydrogens (tertiary/aromatic N) is 1. The highest BCUT2D eigenvalue weighted by molar-refractivity contribution is 8.01. The van der Waals surface area contributed by atoms with Crippen molar-refractivity contribution < 1.29 is 19.2 Å². The molecule has 7 nitrogen and oxygen atoms in total. The molecule has 21 heavy (non-hydrogen) atoms. The molecule has 1 heterocycles. The van der Waals surface area contributed by atoms with Crippen LogP contribution in [0.5, 0.6) is 0 Å². The summed E-state index contributed by atoms with van der Waals surface area (Å²) in [5.74, 6) is -0.821. The van der Waals surface area contributed by atoms with E-state index in [-0.39, 0.29) is 23.5 Å². The average molecular weight is 315 g/mol. The molecule has 1 aromatic heterocycles. The summed E-state index contributed by atoms with van der Waals surface area (Å²) < 4.78 is 4.25. The van der Waals surface area contributed by atoms with Gasteiger partial charge in [-0.2, -0.15) is 0 Å². The quantitative estimate of drug-likeness (QED) is 0.700. The maximum atomic E-state index is 11.8. The first-order chi connectivity index (χ1) is 9.63. The summed E-state index contributed by atoms with van der Waals surface area (Å²) >= 11 is 1.18. The summed E-state index contributed by atoms with van der Waals surface area (Å²) in [7, 11) is 0. The number of aliphatic carboxylic acids is 1. The van der Waals surface area contributed by atoms with Gasteiger partial charge in [-0.25, -0.2) is 0 Å². The van der Waals surface area contributed by atoms with Crippen LogP contribution in [0.2, 0.25) is 0 Å². The van der Waals surface area contributed by atoms with E-state index in [1.54, 1.807) is 19.9 Å². The van der Waals surface area contributed by atoms with Crippen LogP contribution in [0.15, 0.2) is 10.6 Å². The van der Waals surface area contributed by atoms with Crippen LogP contribution in [0, 0.1) is 0 Å². The van der Waals surface area contributed by atoms with Crippen molar-refractivity contribution in [3.05, 3.63) is 11.8 Å². The fourth-order valence-electron chi connectivity index (χ4n) is 1.43. The number of anilines is 1. The van der Waals surface area contributed by atoms with E-state index in [1.165, 1.54) is 11.8 Å². The van der Waals surface area contributed by atoms with Gasteiger partial charge in [-0.1, -0.05) is 19.0 Å². The number of nitrogens with one attached hydrogen (secondary N) is 1. The molecule has 0 aliphatic rings. The maximum absolute atomic E-state index is 11.8. The topological polar surface area (TPSA) is 118 Å². The molecular formula is C13H21N3O4S. The van der Waals surface area contributed by atoms with Crippen LogP contribution in [0.25, 0.3) is 0 Å². The number of carbonyl (C=O) groups is 2. The first kappa shape index (κ1) is 17.5. The number of nitrogens with two attached hydrogens (primary N) is 1. The first-order valence-corrected chi connectivity index (χ1v) is 7.51. The van der Waals surface area contributed by atoms with Gasteiger partial charge in [0.15, 0.2) is 0 Å². The van der Waals surface area contributed by atoms with Crippen LogP contribution in [0.4, 0.5) is 5.88 Å². The van der Waals surface area contributed by atoms with Crippen molar-refractivity contribution in [1.82, 2.24) is 5.16 Å². The molecule has 1 aromatic rings. The lowest BCUT2D eigenvalue weighted by Gasteiger charge is -2.27. The highest BCUT2D eigenvalue weighted by Crippen LogP contribution is 2.27. The van der Waals surface area contributed by atoms with Crippen LogP contribution < -0.4 is 11.1 Å². The second-order valence-electron chi connectivity index (χ2n) is 5.53. The van der Waals surface area contributed by atoms with Gasteiger partial charge in [-0.15, -0.1) is 11.8 Å². The molecule has 0 unspecified atom stereocenters. The molecule has 0 saturated heterocycles. The molecule has 1 atom stereocenters. The average Bonchev–Trinajstić information content (AvgIpc) is 2.84. The molecule has 0 aliphatic carbocycles. The summed E-state index contributed by atoms with van der Waals surface area (Å²) in [4.78, 5) is 22.7. The molecular weight excluding hydrogens is 294 g/mol. The van der Waals surface area contributed by atoms with Crippen molar-refractivity contribution in [3.63, 3.8) is 0 Å². The predicted molar refractivity (Wildman–Crippen MR) is 81.4 cm³/mol. The van der Waals surface area contributed by atoms with Crippen LogP contribution in [0.1, 0.15) is 39.3 Å². The Bertz CT molecular complexity index is 513. The van der Waals surface area contributed by atoms with E-state index >= 15 is 0 Å². The molecule has 1 rings (SSSR count). The zero-order valence-corrected chi connectivity index (χ0v) is 13.4. The second kappa shape index (κ2) is 6.95. The third kappa shape index (κ3) is 5.05. The Kier molecular flexibility index (Phi) is 5.79. The molecule has 1 amide bonds. The van der Waals surface area contributed by atoms with Gasteiger partial charge < -0.3 is 15.4 Å². The van der Waals surface area contributed by atoms with Gasteiger partial charge in [-0.3, -0.25) is 14.9 Å². The Morgan fingerprint density at radius 1 is 1.52 bits per heavy atom. The SMILES string of the molecule is CC(C)c1cc(NC(=O)CSC(C)(C)[C@H](N)C(=O)O)on1. The Balaban J connectivity index is 2.52. The van der Waals surface area contributed by atoms with Crippen molar-refractivity contribution >= 4 is 29.5 Å². The van der Waals surface area contributed by atoms with Crippen LogP contribution in [0.3, 0.4) is 0 Å². The van der Waals surface area contributed by atoms with E-state index in [4.69, 9.17) is 15.4 Å². The lowest BCUT2D eigenvalue weighted by Crippen LogP contribution is -2.47. The van der Waals surface area contributed by atoms with E-state index in [2.05, 4.69) is 10.5 Å². The fraction of sp³-hybridized carbons (Fsp3) is 0.615. The summed E-state index contributed by atoms with van der Waals surface area (Å²) in [5, 5.41) is 15.3. The lowest BCUT2D eigenvalue weighted by atomic mass is 10.1. The summed E-state index contributed by atoms with van der Waals surface area (Å²) in [6.07, 6.45) is 0. The van der Waals surface area contributed by atoms with Crippen LogP contribution in [-0.4, -0.2) is 38.7 Å². The van der Waals surface area contributed by atoms with Crippen molar-refractivity contribution in [2.75, 3.05) is 11.1 Å². The Labute approximate surface area is 127 Å². The number of rotatable bonds is 7. The molecule has 0 saturated carbocycles. The number of hydrogen-bond acceptors (Lipinski definition) is 6. The van der Waals surface area contributed by atoms with Crippen molar-refractivity contribution in [2.24, 2.45) is 5.73 Å². The number of carbonyl (C=O) groups excluding carboxylic acids is 1. The Morgan fingerprint density at radius 2 is 2.14 bits per heavy atom. The maximum Gasteiger partial charge on any atom is 0.321 e. The fourth-order valence-corrected chi connectivity index (χ4v) is 2.29. The number of hydrogen-bond donors (Lipinski definition) is 3. The molecule has 0 spiro atoms. The largest absolute Gasteiger partial charge is 0.480 e. The van der Waals surface area contributed by atoms with E-state index in [1.807, 2.05) is 13.8 Å². The third-order valence-corrected chi connectivity index (χ3v) is 4.38. The van der Waals surface area contributed by atoms with Crippen molar-refractivity contribution in [2.45, 2.75) is 44.4 Å². The zero-order valence-electron chi connectivity index (χ0n) is 12.5. The number of carboxylic acid groups (broad SMARTS) is 1. The highest BCUT2D eigenvalue weighted by atomic mass is 32.2. The third-order valence-electron chi connectivity index (χ3n) is 2.97. The summed E-state index contributed by atoms with van der Waals surface area (Å²) in [6.45, 7) is 7.31. The molecule has 0 bridgehead atoms. The van der Waals surface area contributed by atoms with Gasteiger partial charge in [-0.05, 0) is 19.8 Å². The van der Waals surface area contributed by atoms with Gasteiger partial charge in [0.25, 0.3) is 0 Å².